The van der Waals surface area contributed by atoms with Crippen LogP contribution in [0, 0.1) is 10.1 Å². The first-order valence-electron chi connectivity index (χ1n) is 8.28. The molecule has 1 aromatic carbocycles. The average Bonchev–Trinajstić information content (AvgIpc) is 3.05. The van der Waals surface area contributed by atoms with E-state index < -0.39 is 4.92 Å². The standard InChI is InChI=1S/C16H20N6O3/c1-2-14-19-15-13(7-4-8-21(15)20-14)18-16(23)17-10-11-5-3-6-12(9-11)22(24)25/h3,5-6,9,13H,2,4,7-8,10H2,1H3,(H2,17,18,23)/t13-/m1/s1. The summed E-state index contributed by atoms with van der Waals surface area (Å²) < 4.78 is 1.85. The number of carbonyl (C=O) groups is 1. The number of hydrogen-bond acceptors (Lipinski definition) is 5. The molecule has 0 saturated carbocycles. The van der Waals surface area contributed by atoms with E-state index in [4.69, 9.17) is 0 Å². The van der Waals surface area contributed by atoms with Crippen LogP contribution in [0.25, 0.3) is 0 Å². The predicted molar refractivity (Wildman–Crippen MR) is 89.8 cm³/mol. The van der Waals surface area contributed by atoms with Crippen LogP contribution in [0.4, 0.5) is 10.5 Å². The maximum Gasteiger partial charge on any atom is 0.315 e. The van der Waals surface area contributed by atoms with E-state index in [0.717, 1.165) is 37.5 Å². The molecule has 0 radical (unpaired) electrons. The molecular formula is C16H20N6O3. The van der Waals surface area contributed by atoms with E-state index in [0.29, 0.717) is 5.56 Å². The van der Waals surface area contributed by atoms with Gasteiger partial charge in [0.25, 0.3) is 5.69 Å². The second-order valence-electron chi connectivity index (χ2n) is 5.91. The highest BCUT2D eigenvalue weighted by molar-refractivity contribution is 5.74. The number of benzene rings is 1. The molecule has 1 aromatic heterocycles. The van der Waals surface area contributed by atoms with Gasteiger partial charge in [-0.05, 0) is 18.4 Å². The van der Waals surface area contributed by atoms with Gasteiger partial charge >= 0.3 is 6.03 Å². The summed E-state index contributed by atoms with van der Waals surface area (Å²) in [6, 6.07) is 5.70. The number of nitro benzene ring substituents is 1. The first-order chi connectivity index (χ1) is 12.1. The van der Waals surface area contributed by atoms with Crippen molar-refractivity contribution in [1.29, 1.82) is 0 Å². The molecule has 0 fully saturated rings. The molecule has 0 unspecified atom stereocenters. The van der Waals surface area contributed by atoms with Crippen molar-refractivity contribution in [2.24, 2.45) is 0 Å². The van der Waals surface area contributed by atoms with E-state index in [9.17, 15) is 14.9 Å². The van der Waals surface area contributed by atoms with Gasteiger partial charge in [0.2, 0.25) is 0 Å². The Hall–Kier alpha value is -2.97. The second kappa shape index (κ2) is 7.29. The molecule has 1 atom stereocenters. The Labute approximate surface area is 144 Å². The van der Waals surface area contributed by atoms with Gasteiger partial charge in [-0.25, -0.2) is 14.5 Å². The zero-order valence-corrected chi connectivity index (χ0v) is 13.9. The van der Waals surface area contributed by atoms with E-state index in [1.807, 2.05) is 11.6 Å². The van der Waals surface area contributed by atoms with Crippen molar-refractivity contribution in [1.82, 2.24) is 25.4 Å². The number of nitro groups is 1. The molecule has 9 nitrogen and oxygen atoms in total. The van der Waals surface area contributed by atoms with Crippen molar-refractivity contribution in [2.45, 2.75) is 45.3 Å². The van der Waals surface area contributed by atoms with Crippen LogP contribution in [-0.2, 0) is 19.5 Å². The maximum absolute atomic E-state index is 12.2. The number of non-ortho nitro benzene ring substituents is 1. The van der Waals surface area contributed by atoms with E-state index in [-0.39, 0.29) is 24.3 Å². The highest BCUT2D eigenvalue weighted by Crippen LogP contribution is 2.23. The molecule has 0 aliphatic carbocycles. The summed E-state index contributed by atoms with van der Waals surface area (Å²) in [7, 11) is 0. The highest BCUT2D eigenvalue weighted by atomic mass is 16.6. The Morgan fingerprint density at radius 3 is 3.08 bits per heavy atom. The van der Waals surface area contributed by atoms with Gasteiger partial charge < -0.3 is 10.6 Å². The van der Waals surface area contributed by atoms with Crippen molar-refractivity contribution in [3.05, 3.63) is 51.6 Å². The largest absolute Gasteiger partial charge is 0.334 e. The average molecular weight is 344 g/mol. The molecule has 132 valence electrons. The Kier molecular flexibility index (Phi) is 4.92. The third-order valence-electron chi connectivity index (χ3n) is 4.11. The molecule has 0 saturated heterocycles. The first kappa shape index (κ1) is 16.9. The van der Waals surface area contributed by atoms with Gasteiger partial charge in [0, 0.05) is 31.6 Å². The Balaban J connectivity index is 1.59. The lowest BCUT2D eigenvalue weighted by molar-refractivity contribution is -0.384. The van der Waals surface area contributed by atoms with Crippen molar-refractivity contribution in [3.8, 4) is 0 Å². The molecular weight excluding hydrogens is 324 g/mol. The van der Waals surface area contributed by atoms with Crippen LogP contribution in [-0.4, -0.2) is 25.7 Å². The van der Waals surface area contributed by atoms with E-state index in [2.05, 4.69) is 20.7 Å². The number of rotatable bonds is 5. The minimum atomic E-state index is -0.455. The third-order valence-corrected chi connectivity index (χ3v) is 4.11. The summed E-state index contributed by atoms with van der Waals surface area (Å²) in [6.07, 6.45) is 2.49. The smallest absolute Gasteiger partial charge is 0.315 e. The number of fused-ring (bicyclic) bond motifs is 1. The van der Waals surface area contributed by atoms with Crippen LogP contribution < -0.4 is 10.6 Å². The van der Waals surface area contributed by atoms with E-state index in [1.165, 1.54) is 12.1 Å². The van der Waals surface area contributed by atoms with Crippen molar-refractivity contribution in [2.75, 3.05) is 0 Å². The minimum Gasteiger partial charge on any atom is -0.334 e. The van der Waals surface area contributed by atoms with Crippen LogP contribution in [0.15, 0.2) is 24.3 Å². The van der Waals surface area contributed by atoms with E-state index in [1.54, 1.807) is 12.1 Å². The highest BCUT2D eigenvalue weighted by Gasteiger charge is 2.25. The molecule has 2 N–H and O–H groups in total. The van der Waals surface area contributed by atoms with Crippen molar-refractivity contribution < 1.29 is 9.72 Å². The third kappa shape index (κ3) is 3.93. The number of carbonyl (C=O) groups excluding carboxylic acids is 1. The van der Waals surface area contributed by atoms with Crippen LogP contribution in [0.1, 0.15) is 43.0 Å². The maximum atomic E-state index is 12.2. The summed E-state index contributed by atoms with van der Waals surface area (Å²) in [6.45, 7) is 3.03. The molecule has 2 aromatic rings. The normalized spacial score (nSPS) is 16.1. The summed E-state index contributed by atoms with van der Waals surface area (Å²) in [5, 5.41) is 20.9. The summed E-state index contributed by atoms with van der Waals surface area (Å²) >= 11 is 0. The SMILES string of the molecule is CCc1nc2n(n1)CCC[C@H]2NC(=O)NCc1cccc([N+](=O)[O-])c1. The number of aryl methyl sites for hydroxylation is 2. The van der Waals surface area contributed by atoms with E-state index >= 15 is 0 Å². The summed E-state index contributed by atoms with van der Waals surface area (Å²) in [5.74, 6) is 1.56. The summed E-state index contributed by atoms with van der Waals surface area (Å²) in [5.41, 5.74) is 0.677. The Morgan fingerprint density at radius 1 is 1.48 bits per heavy atom. The van der Waals surface area contributed by atoms with Gasteiger partial charge in [0.15, 0.2) is 5.82 Å². The second-order valence-corrected chi connectivity index (χ2v) is 5.91. The molecule has 1 aliphatic heterocycles. The minimum absolute atomic E-state index is 0.00665. The fourth-order valence-electron chi connectivity index (χ4n) is 2.86. The molecule has 2 amide bonds. The Morgan fingerprint density at radius 2 is 2.32 bits per heavy atom. The first-order valence-corrected chi connectivity index (χ1v) is 8.28. The molecule has 0 spiro atoms. The van der Waals surface area contributed by atoms with Crippen molar-refractivity contribution in [3.63, 3.8) is 0 Å². The molecule has 9 heteroatoms. The van der Waals surface area contributed by atoms with Crippen LogP contribution in [0.3, 0.4) is 0 Å². The lowest BCUT2D eigenvalue weighted by atomic mass is 10.1. The van der Waals surface area contributed by atoms with Crippen LogP contribution >= 0.6 is 0 Å². The van der Waals surface area contributed by atoms with Crippen LogP contribution in [0.2, 0.25) is 0 Å². The quantitative estimate of drug-likeness (QED) is 0.636. The Bertz CT molecular complexity index is 788. The number of aromatic nitrogens is 3. The molecule has 2 heterocycles. The fourth-order valence-corrected chi connectivity index (χ4v) is 2.86. The topological polar surface area (TPSA) is 115 Å². The van der Waals surface area contributed by atoms with Crippen LogP contribution in [0.5, 0.6) is 0 Å². The van der Waals surface area contributed by atoms with Gasteiger partial charge in [-0.1, -0.05) is 19.1 Å². The number of amides is 2. The zero-order valence-electron chi connectivity index (χ0n) is 13.9. The molecule has 1 aliphatic rings. The lowest BCUT2D eigenvalue weighted by Crippen LogP contribution is -2.39. The predicted octanol–water partition coefficient (Wildman–Crippen LogP) is 2.08. The van der Waals surface area contributed by atoms with Gasteiger partial charge in [0.1, 0.15) is 5.82 Å². The number of urea groups is 1. The fraction of sp³-hybridized carbons (Fsp3) is 0.438. The number of hydrogen-bond donors (Lipinski definition) is 2. The van der Waals surface area contributed by atoms with Gasteiger partial charge in [-0.2, -0.15) is 5.10 Å². The zero-order chi connectivity index (χ0) is 17.8. The summed E-state index contributed by atoms with van der Waals surface area (Å²) in [4.78, 5) is 27.0. The number of nitrogens with zero attached hydrogens (tertiary/aromatic N) is 4. The molecule has 3 rings (SSSR count). The molecule has 25 heavy (non-hydrogen) atoms. The number of nitrogens with one attached hydrogen (secondary N) is 2. The monoisotopic (exact) mass is 344 g/mol. The van der Waals surface area contributed by atoms with Gasteiger partial charge in [-0.15, -0.1) is 0 Å². The van der Waals surface area contributed by atoms with Gasteiger partial charge in [-0.3, -0.25) is 10.1 Å². The lowest BCUT2D eigenvalue weighted by Gasteiger charge is -2.23. The molecule has 0 bridgehead atoms. The van der Waals surface area contributed by atoms with Gasteiger partial charge in [0.05, 0.1) is 11.0 Å². The van der Waals surface area contributed by atoms with Crippen molar-refractivity contribution >= 4 is 11.7 Å².